The number of aliphatic hydroxyl groups is 1. The van der Waals surface area contributed by atoms with Crippen molar-refractivity contribution in [2.75, 3.05) is 6.61 Å². The van der Waals surface area contributed by atoms with Gasteiger partial charge in [-0.15, -0.1) is 0 Å². The maximum Gasteiger partial charge on any atom is 0.492 e. The Bertz CT molecular complexity index is 551. The molecule has 0 atom stereocenters. The fourth-order valence-electron chi connectivity index (χ4n) is 2.16. The van der Waals surface area contributed by atoms with Crippen LogP contribution in [0.15, 0.2) is 23.7 Å². The summed E-state index contributed by atoms with van der Waals surface area (Å²) in [7, 11) is -0.667. The molecule has 1 aromatic carbocycles. The lowest BCUT2D eigenvalue weighted by atomic mass is 9.77. The van der Waals surface area contributed by atoms with Crippen LogP contribution in [0.3, 0.4) is 0 Å². The number of halogens is 1. The fraction of sp³-hybridized carbons (Fsp3) is 0.500. The molecular formula is C16H22BFO3. The molecule has 0 aromatic heterocycles. The van der Waals surface area contributed by atoms with Crippen LogP contribution in [-0.4, -0.2) is 30.0 Å². The number of aryl methyl sites for hydroxylation is 1. The first-order valence-electron chi connectivity index (χ1n) is 7.09. The van der Waals surface area contributed by atoms with Crippen molar-refractivity contribution < 1.29 is 18.8 Å². The van der Waals surface area contributed by atoms with Crippen molar-refractivity contribution >= 4 is 13.2 Å². The van der Waals surface area contributed by atoms with Crippen molar-refractivity contribution in [3.63, 3.8) is 0 Å². The molecule has 0 aliphatic carbocycles. The first-order valence-corrected chi connectivity index (χ1v) is 7.09. The largest absolute Gasteiger partial charge is 0.492 e. The summed E-state index contributed by atoms with van der Waals surface area (Å²) in [4.78, 5) is 0. The van der Waals surface area contributed by atoms with Crippen LogP contribution in [0.2, 0.25) is 0 Å². The minimum absolute atomic E-state index is 0.246. The molecular weight excluding hydrogens is 270 g/mol. The Labute approximate surface area is 125 Å². The second kappa shape index (κ2) is 5.56. The van der Waals surface area contributed by atoms with Gasteiger partial charge in [-0.2, -0.15) is 0 Å². The molecule has 0 saturated carbocycles. The maximum atomic E-state index is 13.8. The zero-order valence-corrected chi connectivity index (χ0v) is 13.2. The Hall–Kier alpha value is -1.17. The van der Waals surface area contributed by atoms with E-state index < -0.39 is 18.3 Å². The molecule has 1 aliphatic rings. The normalized spacial score (nSPS) is 20.9. The average Bonchev–Trinajstić information content (AvgIpc) is 2.59. The van der Waals surface area contributed by atoms with Crippen molar-refractivity contribution in [3.8, 4) is 0 Å². The molecule has 0 radical (unpaired) electrons. The summed E-state index contributed by atoms with van der Waals surface area (Å²) in [5.41, 5.74) is 0.912. The first kappa shape index (κ1) is 16.2. The predicted molar refractivity (Wildman–Crippen MR) is 82.3 cm³/mol. The van der Waals surface area contributed by atoms with Gasteiger partial charge in [0.2, 0.25) is 0 Å². The molecule has 1 fully saturated rings. The topological polar surface area (TPSA) is 38.7 Å². The Morgan fingerprint density at radius 3 is 2.33 bits per heavy atom. The van der Waals surface area contributed by atoms with E-state index in [1.165, 1.54) is 6.07 Å². The van der Waals surface area contributed by atoms with Crippen LogP contribution < -0.4 is 0 Å². The maximum absolute atomic E-state index is 13.8. The van der Waals surface area contributed by atoms with Crippen molar-refractivity contribution in [1.82, 2.24) is 0 Å². The van der Waals surface area contributed by atoms with E-state index in [2.05, 4.69) is 0 Å². The highest BCUT2D eigenvalue weighted by molar-refractivity contribution is 6.55. The smallest absolute Gasteiger partial charge is 0.400 e. The molecule has 5 heteroatoms. The van der Waals surface area contributed by atoms with Gasteiger partial charge >= 0.3 is 7.12 Å². The summed E-state index contributed by atoms with van der Waals surface area (Å²) in [6.45, 7) is 9.41. The zero-order chi connectivity index (χ0) is 15.8. The molecule has 3 nitrogen and oxygen atoms in total. The number of hydrogen-bond acceptors (Lipinski definition) is 3. The summed E-state index contributed by atoms with van der Waals surface area (Å²) in [5.74, 6) is -0.330. The van der Waals surface area contributed by atoms with E-state index in [-0.39, 0.29) is 12.4 Å². The second-order valence-electron chi connectivity index (χ2n) is 6.49. The number of rotatable bonds is 3. The van der Waals surface area contributed by atoms with Gasteiger partial charge in [-0.1, -0.05) is 17.7 Å². The number of hydrogen-bond donors (Lipinski definition) is 1. The van der Waals surface area contributed by atoms with Crippen molar-refractivity contribution in [1.29, 1.82) is 0 Å². The van der Waals surface area contributed by atoms with E-state index in [1.807, 2.05) is 34.6 Å². The van der Waals surface area contributed by atoms with Gasteiger partial charge in [0, 0.05) is 5.56 Å². The van der Waals surface area contributed by atoms with Gasteiger partial charge in [-0.25, -0.2) is 4.39 Å². The van der Waals surface area contributed by atoms with Gasteiger partial charge in [-0.3, -0.25) is 0 Å². The molecule has 1 aromatic rings. The first-order chi connectivity index (χ1) is 9.66. The molecule has 0 unspecified atom stereocenters. The molecule has 1 N–H and O–H groups in total. The monoisotopic (exact) mass is 292 g/mol. The molecule has 2 rings (SSSR count). The fourth-order valence-corrected chi connectivity index (χ4v) is 2.16. The summed E-state index contributed by atoms with van der Waals surface area (Å²) >= 11 is 0. The van der Waals surface area contributed by atoms with Crippen LogP contribution in [-0.2, 0) is 9.31 Å². The van der Waals surface area contributed by atoms with Crippen LogP contribution in [0, 0.1) is 12.7 Å². The van der Waals surface area contributed by atoms with E-state index in [0.29, 0.717) is 11.0 Å². The standard InChI is InChI=1S/C16H22BFO3/c1-11-6-7-14(18)12(8-11)9-13(10-19)17-20-15(2,3)16(4,5)21-17/h6-9,19H,10H2,1-5H3. The van der Waals surface area contributed by atoms with Gasteiger partial charge in [0.05, 0.1) is 17.8 Å². The minimum atomic E-state index is -0.667. The molecule has 21 heavy (non-hydrogen) atoms. The number of benzene rings is 1. The lowest BCUT2D eigenvalue weighted by molar-refractivity contribution is 0.00578. The Kier molecular flexibility index (Phi) is 4.29. The van der Waals surface area contributed by atoms with E-state index in [1.54, 1.807) is 18.2 Å². The van der Waals surface area contributed by atoms with E-state index in [0.717, 1.165) is 5.56 Å². The average molecular weight is 292 g/mol. The predicted octanol–water partition coefficient (Wildman–Crippen LogP) is 3.14. The third kappa shape index (κ3) is 3.20. The molecule has 0 bridgehead atoms. The van der Waals surface area contributed by atoms with Crippen LogP contribution in [0.4, 0.5) is 4.39 Å². The summed E-state index contributed by atoms with van der Waals surface area (Å²) in [6, 6.07) is 4.86. The van der Waals surface area contributed by atoms with Crippen molar-refractivity contribution in [2.45, 2.75) is 45.8 Å². The molecule has 1 saturated heterocycles. The summed E-state index contributed by atoms with van der Waals surface area (Å²) in [5, 5.41) is 9.60. The molecule has 114 valence electrons. The van der Waals surface area contributed by atoms with Gasteiger partial charge in [0.1, 0.15) is 5.82 Å². The SMILES string of the molecule is Cc1ccc(F)c(C=C(CO)B2OC(C)(C)C(C)(C)O2)c1. The van der Waals surface area contributed by atoms with Gasteiger partial charge in [-0.05, 0) is 52.2 Å². The number of aliphatic hydroxyl groups excluding tert-OH is 1. The van der Waals surface area contributed by atoms with Crippen LogP contribution >= 0.6 is 0 Å². The van der Waals surface area contributed by atoms with Crippen molar-refractivity contribution in [2.24, 2.45) is 0 Å². The lowest BCUT2D eigenvalue weighted by Gasteiger charge is -2.32. The van der Waals surface area contributed by atoms with Crippen LogP contribution in [0.5, 0.6) is 0 Å². The zero-order valence-electron chi connectivity index (χ0n) is 13.2. The summed E-state index contributed by atoms with van der Waals surface area (Å²) in [6.07, 6.45) is 1.60. The molecule has 0 amide bonds. The second-order valence-corrected chi connectivity index (χ2v) is 6.49. The lowest BCUT2D eigenvalue weighted by Crippen LogP contribution is -2.41. The highest BCUT2D eigenvalue weighted by atomic mass is 19.1. The van der Waals surface area contributed by atoms with Crippen LogP contribution in [0.1, 0.15) is 38.8 Å². The highest BCUT2D eigenvalue weighted by Crippen LogP contribution is 2.38. The van der Waals surface area contributed by atoms with Crippen molar-refractivity contribution in [3.05, 3.63) is 40.6 Å². The third-order valence-corrected chi connectivity index (χ3v) is 4.23. The minimum Gasteiger partial charge on any atom is -0.400 e. The molecule has 1 aliphatic heterocycles. The molecule has 0 spiro atoms. The Morgan fingerprint density at radius 1 is 1.24 bits per heavy atom. The third-order valence-electron chi connectivity index (χ3n) is 4.23. The van der Waals surface area contributed by atoms with Gasteiger partial charge in [0.25, 0.3) is 0 Å². The van der Waals surface area contributed by atoms with E-state index in [9.17, 15) is 9.50 Å². The van der Waals surface area contributed by atoms with Gasteiger partial charge < -0.3 is 14.4 Å². The van der Waals surface area contributed by atoms with Gasteiger partial charge in [0.15, 0.2) is 0 Å². The Balaban J connectivity index is 2.33. The van der Waals surface area contributed by atoms with E-state index in [4.69, 9.17) is 9.31 Å². The quantitative estimate of drug-likeness (QED) is 0.870. The highest BCUT2D eigenvalue weighted by Gasteiger charge is 2.52. The summed E-state index contributed by atoms with van der Waals surface area (Å²) < 4.78 is 25.6. The van der Waals surface area contributed by atoms with E-state index >= 15 is 0 Å². The van der Waals surface area contributed by atoms with Crippen LogP contribution in [0.25, 0.3) is 6.08 Å². The Morgan fingerprint density at radius 2 is 1.81 bits per heavy atom. The molecule has 1 heterocycles.